The molecule has 126 valence electrons. The Balaban J connectivity index is 1.90. The van der Waals surface area contributed by atoms with Crippen LogP contribution in [0.1, 0.15) is 18.4 Å². The van der Waals surface area contributed by atoms with Gasteiger partial charge >= 0.3 is 5.97 Å². The number of nitrogens with zero attached hydrogens (tertiary/aromatic N) is 2. The van der Waals surface area contributed by atoms with E-state index in [2.05, 4.69) is 5.16 Å². The van der Waals surface area contributed by atoms with Gasteiger partial charge in [-0.1, -0.05) is 5.16 Å². The maximum absolute atomic E-state index is 12.8. The Kier molecular flexibility index (Phi) is 5.32. The van der Waals surface area contributed by atoms with Crippen molar-refractivity contribution in [3.8, 4) is 0 Å². The summed E-state index contributed by atoms with van der Waals surface area (Å²) in [5, 5.41) is 3.56. The molecule has 1 aromatic rings. The lowest BCUT2D eigenvalue weighted by Gasteiger charge is -2.28. The van der Waals surface area contributed by atoms with Crippen molar-refractivity contribution in [2.24, 2.45) is 16.8 Å². The van der Waals surface area contributed by atoms with E-state index in [1.54, 1.807) is 0 Å². The maximum atomic E-state index is 12.8. The number of halogens is 1. The molecule has 2 rings (SSSR count). The Bertz CT molecular complexity index is 695. The molecule has 1 aromatic carbocycles. The molecule has 0 amide bonds. The van der Waals surface area contributed by atoms with Gasteiger partial charge in [-0.25, -0.2) is 21.9 Å². The molecule has 0 aliphatic carbocycles. The SMILES string of the molecule is CS(=O)(=O)N1CCC(C(=O)O/N=C(\N)c2ccc(F)cc2)CC1. The second kappa shape index (κ2) is 7.05. The molecule has 0 saturated carbocycles. The second-order valence-corrected chi connectivity index (χ2v) is 7.31. The summed E-state index contributed by atoms with van der Waals surface area (Å²) in [4.78, 5) is 16.7. The Morgan fingerprint density at radius 1 is 1.30 bits per heavy atom. The summed E-state index contributed by atoms with van der Waals surface area (Å²) in [6.45, 7) is 0.547. The van der Waals surface area contributed by atoms with Crippen LogP contribution in [0.25, 0.3) is 0 Å². The minimum absolute atomic E-state index is 0.0353. The van der Waals surface area contributed by atoms with Crippen LogP contribution in [0.4, 0.5) is 4.39 Å². The number of nitrogens with two attached hydrogens (primary N) is 1. The van der Waals surface area contributed by atoms with Gasteiger partial charge in [-0.3, -0.25) is 0 Å². The van der Waals surface area contributed by atoms with Crippen molar-refractivity contribution in [1.82, 2.24) is 4.31 Å². The molecule has 0 spiro atoms. The van der Waals surface area contributed by atoms with Gasteiger partial charge in [0.2, 0.25) is 10.0 Å². The summed E-state index contributed by atoms with van der Waals surface area (Å²) in [7, 11) is -3.24. The summed E-state index contributed by atoms with van der Waals surface area (Å²) in [6, 6.07) is 5.29. The minimum Gasteiger partial charge on any atom is -0.380 e. The second-order valence-electron chi connectivity index (χ2n) is 5.33. The topological polar surface area (TPSA) is 102 Å². The molecule has 0 bridgehead atoms. The molecule has 9 heteroatoms. The average molecular weight is 343 g/mol. The van der Waals surface area contributed by atoms with Crippen LogP contribution in [0.5, 0.6) is 0 Å². The summed E-state index contributed by atoms with van der Waals surface area (Å²) in [5.74, 6) is -1.41. The molecule has 1 aliphatic rings. The lowest BCUT2D eigenvalue weighted by atomic mass is 9.99. The fraction of sp³-hybridized carbons (Fsp3) is 0.429. The zero-order chi connectivity index (χ0) is 17.0. The number of sulfonamides is 1. The molecule has 0 radical (unpaired) electrons. The van der Waals surface area contributed by atoms with Gasteiger partial charge in [0.25, 0.3) is 0 Å². The van der Waals surface area contributed by atoms with Gasteiger partial charge in [-0.05, 0) is 37.1 Å². The van der Waals surface area contributed by atoms with Gasteiger partial charge in [0.05, 0.1) is 12.2 Å². The summed E-state index contributed by atoms with van der Waals surface area (Å²) in [6.07, 6.45) is 1.88. The number of benzene rings is 1. The minimum atomic E-state index is -3.24. The Labute approximate surface area is 133 Å². The molecule has 1 aliphatic heterocycles. The zero-order valence-electron chi connectivity index (χ0n) is 12.6. The highest BCUT2D eigenvalue weighted by molar-refractivity contribution is 7.88. The van der Waals surface area contributed by atoms with E-state index in [1.165, 1.54) is 28.6 Å². The van der Waals surface area contributed by atoms with E-state index >= 15 is 0 Å². The Morgan fingerprint density at radius 3 is 2.39 bits per heavy atom. The quantitative estimate of drug-likeness (QED) is 0.374. The highest BCUT2D eigenvalue weighted by Gasteiger charge is 2.30. The van der Waals surface area contributed by atoms with Crippen LogP contribution in [0.3, 0.4) is 0 Å². The van der Waals surface area contributed by atoms with Gasteiger partial charge in [-0.15, -0.1) is 0 Å². The Hall–Kier alpha value is -2.00. The van der Waals surface area contributed by atoms with Crippen LogP contribution in [0.15, 0.2) is 29.4 Å². The molecule has 2 N–H and O–H groups in total. The highest BCUT2D eigenvalue weighted by atomic mass is 32.2. The molecule has 7 nitrogen and oxygen atoms in total. The number of amidine groups is 1. The number of oxime groups is 1. The van der Waals surface area contributed by atoms with Crippen LogP contribution >= 0.6 is 0 Å². The van der Waals surface area contributed by atoms with E-state index in [4.69, 9.17) is 10.6 Å². The van der Waals surface area contributed by atoms with Crippen LogP contribution in [0.2, 0.25) is 0 Å². The van der Waals surface area contributed by atoms with Crippen molar-refractivity contribution >= 4 is 21.8 Å². The van der Waals surface area contributed by atoms with Crippen molar-refractivity contribution < 1.29 is 22.4 Å². The van der Waals surface area contributed by atoms with E-state index in [1.807, 2.05) is 0 Å². The van der Waals surface area contributed by atoms with E-state index < -0.39 is 27.7 Å². The molecular weight excluding hydrogens is 325 g/mol. The predicted octanol–water partition coefficient (Wildman–Crippen LogP) is 0.661. The van der Waals surface area contributed by atoms with E-state index in [0.29, 0.717) is 18.4 Å². The summed E-state index contributed by atoms with van der Waals surface area (Å²) < 4.78 is 36.9. The lowest BCUT2D eigenvalue weighted by molar-refractivity contribution is -0.149. The number of piperidine rings is 1. The van der Waals surface area contributed by atoms with Crippen LogP contribution < -0.4 is 5.73 Å². The van der Waals surface area contributed by atoms with Crippen molar-refractivity contribution in [1.29, 1.82) is 0 Å². The van der Waals surface area contributed by atoms with Gasteiger partial charge in [-0.2, -0.15) is 0 Å². The number of rotatable bonds is 4. The third-order valence-electron chi connectivity index (χ3n) is 3.63. The van der Waals surface area contributed by atoms with Crippen LogP contribution in [-0.2, 0) is 19.7 Å². The highest BCUT2D eigenvalue weighted by Crippen LogP contribution is 2.20. The third-order valence-corrected chi connectivity index (χ3v) is 4.93. The first-order valence-electron chi connectivity index (χ1n) is 7.03. The average Bonchev–Trinajstić information content (AvgIpc) is 2.52. The van der Waals surface area contributed by atoms with Gasteiger partial charge in [0.15, 0.2) is 5.84 Å². The fourth-order valence-electron chi connectivity index (χ4n) is 2.27. The first-order valence-corrected chi connectivity index (χ1v) is 8.87. The Morgan fingerprint density at radius 2 is 1.87 bits per heavy atom. The van der Waals surface area contributed by atoms with Gasteiger partial charge in [0, 0.05) is 18.7 Å². The standard InChI is InChI=1S/C14H18FN3O4S/c1-23(20,21)18-8-6-11(7-9-18)14(19)22-17-13(16)10-2-4-12(15)5-3-10/h2-5,11H,6-9H2,1H3,(H2,16,17). The molecule has 0 unspecified atom stereocenters. The molecule has 0 aromatic heterocycles. The van der Waals surface area contributed by atoms with Crippen molar-refractivity contribution in [3.63, 3.8) is 0 Å². The first kappa shape index (κ1) is 17.4. The van der Waals surface area contributed by atoms with Gasteiger partial charge < -0.3 is 10.6 Å². The maximum Gasteiger partial charge on any atom is 0.338 e. The molecule has 1 heterocycles. The molecule has 1 fully saturated rings. The van der Waals surface area contributed by atoms with Crippen LogP contribution in [-0.4, -0.2) is 43.9 Å². The third kappa shape index (κ3) is 4.73. The van der Waals surface area contributed by atoms with Crippen molar-refractivity contribution in [2.45, 2.75) is 12.8 Å². The predicted molar refractivity (Wildman–Crippen MR) is 82.4 cm³/mol. The lowest BCUT2D eigenvalue weighted by Crippen LogP contribution is -2.39. The van der Waals surface area contributed by atoms with Crippen LogP contribution in [0, 0.1) is 11.7 Å². The molecule has 0 atom stereocenters. The van der Waals surface area contributed by atoms with Crippen molar-refractivity contribution in [3.05, 3.63) is 35.6 Å². The van der Waals surface area contributed by atoms with Gasteiger partial charge in [0.1, 0.15) is 5.82 Å². The van der Waals surface area contributed by atoms with E-state index in [0.717, 1.165) is 6.26 Å². The molecule has 23 heavy (non-hydrogen) atoms. The first-order chi connectivity index (χ1) is 10.8. The van der Waals surface area contributed by atoms with E-state index in [-0.39, 0.29) is 18.9 Å². The largest absolute Gasteiger partial charge is 0.380 e. The molecule has 1 saturated heterocycles. The van der Waals surface area contributed by atoms with Crippen molar-refractivity contribution in [2.75, 3.05) is 19.3 Å². The number of hydrogen-bond acceptors (Lipinski definition) is 5. The normalized spacial score (nSPS) is 17.9. The fourth-order valence-corrected chi connectivity index (χ4v) is 3.14. The number of hydrogen-bond donors (Lipinski definition) is 1. The number of carbonyl (C=O) groups is 1. The smallest absolute Gasteiger partial charge is 0.338 e. The molecular formula is C14H18FN3O4S. The zero-order valence-corrected chi connectivity index (χ0v) is 13.4. The summed E-state index contributed by atoms with van der Waals surface area (Å²) >= 11 is 0. The van der Waals surface area contributed by atoms with E-state index in [9.17, 15) is 17.6 Å². The summed E-state index contributed by atoms with van der Waals surface area (Å²) in [5.41, 5.74) is 6.10. The number of carbonyl (C=O) groups excluding carboxylic acids is 1. The monoisotopic (exact) mass is 343 g/mol.